The highest BCUT2D eigenvalue weighted by Crippen LogP contribution is 2.42. The van der Waals surface area contributed by atoms with Gasteiger partial charge in [-0.05, 0) is 50.9 Å². The average Bonchev–Trinajstić information content (AvgIpc) is 3.17. The predicted molar refractivity (Wildman–Crippen MR) is 94.4 cm³/mol. The molecule has 0 amide bonds. The molecular formula is C18H23N3O6. The van der Waals surface area contributed by atoms with Crippen LogP contribution in [0.2, 0.25) is 0 Å². The summed E-state index contributed by atoms with van der Waals surface area (Å²) >= 11 is 0. The molecule has 0 aliphatic carbocycles. The maximum absolute atomic E-state index is 12.6. The molecule has 1 unspecified atom stereocenters. The standard InChI is InChI=1S/C18H23N3O6/c1-5-23-17(22)15(20-21-19)14(16-10(2)26-18(3,4)27-16)11-6-7-12-13(8-11)25-9-24-12/h6-8,10,14-16H,5,9H2,1-4H3/t10-,14-,15?,16+/m1/s1. The molecule has 2 aliphatic heterocycles. The Labute approximate surface area is 157 Å². The third kappa shape index (κ3) is 3.95. The smallest absolute Gasteiger partial charge is 0.315 e. The van der Waals surface area contributed by atoms with Gasteiger partial charge in [0.25, 0.3) is 0 Å². The molecule has 0 bridgehead atoms. The van der Waals surface area contributed by atoms with Crippen molar-refractivity contribution in [1.82, 2.24) is 0 Å². The zero-order valence-corrected chi connectivity index (χ0v) is 15.7. The summed E-state index contributed by atoms with van der Waals surface area (Å²) in [4.78, 5) is 15.4. The number of hydrogen-bond donors (Lipinski definition) is 0. The largest absolute Gasteiger partial charge is 0.466 e. The first-order chi connectivity index (χ1) is 12.9. The van der Waals surface area contributed by atoms with Gasteiger partial charge >= 0.3 is 5.97 Å². The van der Waals surface area contributed by atoms with E-state index in [1.54, 1.807) is 39.0 Å². The number of nitrogens with zero attached hydrogens (tertiary/aromatic N) is 3. The Balaban J connectivity index is 2.05. The quantitative estimate of drug-likeness (QED) is 0.325. The van der Waals surface area contributed by atoms with Crippen LogP contribution in [0.25, 0.3) is 10.4 Å². The molecule has 0 N–H and O–H groups in total. The van der Waals surface area contributed by atoms with E-state index >= 15 is 0 Å². The van der Waals surface area contributed by atoms with Crippen molar-refractivity contribution in [1.29, 1.82) is 0 Å². The minimum Gasteiger partial charge on any atom is -0.466 e. The molecule has 1 aromatic carbocycles. The maximum Gasteiger partial charge on any atom is 0.315 e. The number of fused-ring (bicyclic) bond motifs is 1. The van der Waals surface area contributed by atoms with Crippen LogP contribution in [-0.4, -0.2) is 43.4 Å². The van der Waals surface area contributed by atoms with E-state index < -0.39 is 29.8 Å². The third-order valence-corrected chi connectivity index (χ3v) is 4.53. The summed E-state index contributed by atoms with van der Waals surface area (Å²) in [5.41, 5.74) is 9.76. The summed E-state index contributed by atoms with van der Waals surface area (Å²) in [6.45, 7) is 7.46. The minimum atomic E-state index is -1.11. The molecule has 4 atom stereocenters. The van der Waals surface area contributed by atoms with E-state index in [9.17, 15) is 4.79 Å². The van der Waals surface area contributed by atoms with Gasteiger partial charge in [-0.1, -0.05) is 11.2 Å². The second-order valence-electron chi connectivity index (χ2n) is 6.85. The first kappa shape index (κ1) is 19.3. The van der Waals surface area contributed by atoms with Crippen LogP contribution in [-0.2, 0) is 19.0 Å². The molecule has 0 saturated carbocycles. The Morgan fingerprint density at radius 2 is 2.11 bits per heavy atom. The summed E-state index contributed by atoms with van der Waals surface area (Å²) in [6, 6.07) is 4.22. The van der Waals surface area contributed by atoms with Gasteiger partial charge in [-0.3, -0.25) is 4.79 Å². The van der Waals surface area contributed by atoms with Crippen molar-refractivity contribution in [3.8, 4) is 11.5 Å². The van der Waals surface area contributed by atoms with Crippen LogP contribution in [0, 0.1) is 0 Å². The number of carbonyl (C=O) groups is 1. The Morgan fingerprint density at radius 1 is 1.37 bits per heavy atom. The molecule has 2 aliphatic rings. The summed E-state index contributed by atoms with van der Waals surface area (Å²) < 4.78 is 27.9. The monoisotopic (exact) mass is 377 g/mol. The molecule has 3 rings (SSSR count). The zero-order valence-electron chi connectivity index (χ0n) is 15.7. The molecule has 0 radical (unpaired) electrons. The van der Waals surface area contributed by atoms with E-state index in [-0.39, 0.29) is 19.5 Å². The first-order valence-electron chi connectivity index (χ1n) is 8.82. The number of ether oxygens (including phenoxy) is 5. The maximum atomic E-state index is 12.6. The molecule has 2 heterocycles. The molecule has 1 aromatic rings. The highest BCUT2D eigenvalue weighted by atomic mass is 16.8. The van der Waals surface area contributed by atoms with Crippen LogP contribution in [0.4, 0.5) is 0 Å². The topological polar surface area (TPSA) is 112 Å². The summed E-state index contributed by atoms with van der Waals surface area (Å²) in [6.07, 6.45) is -0.860. The lowest BCUT2D eigenvalue weighted by Gasteiger charge is -2.29. The van der Waals surface area contributed by atoms with Gasteiger partial charge in [0.1, 0.15) is 6.04 Å². The average molecular weight is 377 g/mol. The van der Waals surface area contributed by atoms with E-state index in [4.69, 9.17) is 29.2 Å². The zero-order chi connectivity index (χ0) is 19.6. The molecule has 0 spiro atoms. The number of hydrogen-bond acceptors (Lipinski definition) is 7. The van der Waals surface area contributed by atoms with Crippen molar-refractivity contribution in [3.05, 3.63) is 34.2 Å². The lowest BCUT2D eigenvalue weighted by Crippen LogP contribution is -2.39. The van der Waals surface area contributed by atoms with Crippen molar-refractivity contribution >= 4 is 5.97 Å². The number of carbonyl (C=O) groups excluding carboxylic acids is 1. The van der Waals surface area contributed by atoms with E-state index in [0.717, 1.165) is 0 Å². The van der Waals surface area contributed by atoms with Crippen molar-refractivity contribution in [2.75, 3.05) is 13.4 Å². The molecule has 0 aromatic heterocycles. The summed E-state index contributed by atoms with van der Waals surface area (Å²) in [5.74, 6) is -0.878. The highest BCUT2D eigenvalue weighted by molar-refractivity contribution is 5.77. The highest BCUT2D eigenvalue weighted by Gasteiger charge is 2.48. The number of azide groups is 1. The molecule has 9 nitrogen and oxygen atoms in total. The van der Waals surface area contributed by atoms with Gasteiger partial charge in [0.05, 0.1) is 18.8 Å². The van der Waals surface area contributed by atoms with Crippen LogP contribution in [0.5, 0.6) is 11.5 Å². The van der Waals surface area contributed by atoms with Crippen LogP contribution in [0.15, 0.2) is 23.3 Å². The predicted octanol–water partition coefficient (Wildman–Crippen LogP) is 3.28. The number of rotatable bonds is 6. The van der Waals surface area contributed by atoms with Crippen molar-refractivity contribution in [2.45, 2.75) is 57.6 Å². The fraction of sp³-hybridized carbons (Fsp3) is 0.611. The van der Waals surface area contributed by atoms with Crippen molar-refractivity contribution in [2.24, 2.45) is 5.11 Å². The van der Waals surface area contributed by atoms with Gasteiger partial charge in [-0.15, -0.1) is 0 Å². The lowest BCUT2D eigenvalue weighted by atomic mass is 9.84. The van der Waals surface area contributed by atoms with Crippen molar-refractivity contribution < 1.29 is 28.5 Å². The van der Waals surface area contributed by atoms with E-state index in [1.165, 1.54) is 0 Å². The Morgan fingerprint density at radius 3 is 2.74 bits per heavy atom. The Hall–Kier alpha value is -2.48. The van der Waals surface area contributed by atoms with Gasteiger partial charge in [-0.2, -0.15) is 0 Å². The van der Waals surface area contributed by atoms with Crippen LogP contribution in [0.1, 0.15) is 39.2 Å². The molecule has 1 fully saturated rings. The molecule has 9 heteroatoms. The van der Waals surface area contributed by atoms with E-state index in [1.807, 2.05) is 6.92 Å². The minimum absolute atomic E-state index is 0.133. The number of esters is 1. The van der Waals surface area contributed by atoms with Crippen LogP contribution >= 0.6 is 0 Å². The van der Waals surface area contributed by atoms with Gasteiger partial charge in [0.15, 0.2) is 17.3 Å². The molecular weight excluding hydrogens is 354 g/mol. The molecule has 146 valence electrons. The Kier molecular flexibility index (Phi) is 5.46. The first-order valence-corrected chi connectivity index (χ1v) is 8.82. The number of benzene rings is 1. The van der Waals surface area contributed by atoms with Crippen LogP contribution in [0.3, 0.4) is 0 Å². The van der Waals surface area contributed by atoms with E-state index in [0.29, 0.717) is 17.1 Å². The van der Waals surface area contributed by atoms with Crippen LogP contribution < -0.4 is 9.47 Å². The normalized spacial score (nSPS) is 24.7. The second kappa shape index (κ2) is 7.64. The molecule has 1 saturated heterocycles. The van der Waals surface area contributed by atoms with Gasteiger partial charge in [-0.25, -0.2) is 0 Å². The van der Waals surface area contributed by atoms with Crippen molar-refractivity contribution in [3.63, 3.8) is 0 Å². The third-order valence-electron chi connectivity index (χ3n) is 4.53. The summed E-state index contributed by atoms with van der Waals surface area (Å²) in [7, 11) is 0. The lowest BCUT2D eigenvalue weighted by molar-refractivity contribution is -0.153. The van der Waals surface area contributed by atoms with Gasteiger partial charge < -0.3 is 23.7 Å². The second-order valence-corrected chi connectivity index (χ2v) is 6.85. The van der Waals surface area contributed by atoms with E-state index in [2.05, 4.69) is 10.0 Å². The summed E-state index contributed by atoms with van der Waals surface area (Å²) in [5, 5.41) is 3.74. The SMILES string of the molecule is CCOC(=O)C(N=[N+]=[N-])[C@@H](c1ccc2c(c1)OCO2)[C@H]1OC(C)(C)O[C@@H]1C. The fourth-order valence-corrected chi connectivity index (χ4v) is 3.55. The molecule has 27 heavy (non-hydrogen) atoms. The van der Waals surface area contributed by atoms with Gasteiger partial charge in [0.2, 0.25) is 6.79 Å². The van der Waals surface area contributed by atoms with Gasteiger partial charge in [0, 0.05) is 10.8 Å². The Bertz CT molecular complexity index is 761. The fourth-order valence-electron chi connectivity index (χ4n) is 3.55.